The molecule has 8 nitrogen and oxygen atoms in total. The van der Waals surface area contributed by atoms with Crippen molar-refractivity contribution < 1.29 is 18.1 Å². The van der Waals surface area contributed by atoms with Crippen LogP contribution in [-0.4, -0.2) is 41.1 Å². The molecule has 3 aromatic rings. The van der Waals surface area contributed by atoms with E-state index in [9.17, 15) is 23.3 Å². The van der Waals surface area contributed by atoms with Crippen molar-refractivity contribution in [3.63, 3.8) is 0 Å². The maximum absolute atomic E-state index is 12.9. The second kappa shape index (κ2) is 9.75. The van der Waals surface area contributed by atoms with Crippen molar-refractivity contribution in [3.05, 3.63) is 82.6 Å². The van der Waals surface area contributed by atoms with Gasteiger partial charge < -0.3 is 4.57 Å². The van der Waals surface area contributed by atoms with E-state index in [-0.39, 0.29) is 21.3 Å². The molecule has 0 N–H and O–H groups in total. The number of para-hydroxylation sites is 1. The molecule has 0 saturated heterocycles. The molecule has 0 bridgehead atoms. The lowest BCUT2D eigenvalue weighted by Crippen LogP contribution is -2.32. The van der Waals surface area contributed by atoms with Crippen LogP contribution in [-0.2, 0) is 15.6 Å². The van der Waals surface area contributed by atoms with Crippen LogP contribution in [0.15, 0.2) is 71.8 Å². The average molecular weight is 496 g/mol. The maximum atomic E-state index is 12.9. The van der Waals surface area contributed by atoms with Gasteiger partial charge in [-0.25, -0.2) is 8.42 Å². The molecule has 0 unspecified atom stereocenters. The molecule has 1 aliphatic rings. The van der Waals surface area contributed by atoms with Gasteiger partial charge in [0.25, 0.3) is 5.69 Å². The lowest BCUT2D eigenvalue weighted by molar-refractivity contribution is -0.383. The van der Waals surface area contributed by atoms with Gasteiger partial charge >= 0.3 is 0 Å². The van der Waals surface area contributed by atoms with Crippen molar-refractivity contribution in [2.75, 3.05) is 13.1 Å². The summed E-state index contributed by atoms with van der Waals surface area (Å²) in [6.45, 7) is 4.78. The normalized spacial score (nSPS) is 15.2. The molecule has 2 aromatic carbocycles. The third-order valence-electron chi connectivity index (χ3n) is 6.40. The average Bonchev–Trinajstić information content (AvgIpc) is 3.53. The SMILES string of the molecule is CCCN(CCC)S(=O)(=O)c1ccc(C(=O)/C=C/C2(n3cc([N+](=O)[O-])c4ccccc43)CC2)cc1. The number of ketones is 1. The Morgan fingerprint density at radius 2 is 1.71 bits per heavy atom. The molecule has 1 fully saturated rings. The molecule has 9 heteroatoms. The summed E-state index contributed by atoms with van der Waals surface area (Å²) in [7, 11) is -3.61. The van der Waals surface area contributed by atoms with Crippen LogP contribution in [0.2, 0.25) is 0 Å². The van der Waals surface area contributed by atoms with Crippen LogP contribution in [0.4, 0.5) is 5.69 Å². The zero-order valence-electron chi connectivity index (χ0n) is 19.9. The minimum absolute atomic E-state index is 0.0450. The van der Waals surface area contributed by atoms with Crippen molar-refractivity contribution in [1.82, 2.24) is 8.87 Å². The fourth-order valence-electron chi connectivity index (χ4n) is 4.41. The van der Waals surface area contributed by atoms with E-state index < -0.39 is 15.6 Å². The smallest absolute Gasteiger partial charge is 0.294 e. The second-order valence-electron chi connectivity index (χ2n) is 8.89. The van der Waals surface area contributed by atoms with E-state index in [4.69, 9.17) is 0 Å². The van der Waals surface area contributed by atoms with Gasteiger partial charge in [0.1, 0.15) is 0 Å². The van der Waals surface area contributed by atoms with Crippen LogP contribution in [0.25, 0.3) is 10.9 Å². The van der Waals surface area contributed by atoms with Crippen molar-refractivity contribution >= 4 is 32.4 Å². The van der Waals surface area contributed by atoms with Crippen molar-refractivity contribution in [2.45, 2.75) is 50.0 Å². The maximum Gasteiger partial charge on any atom is 0.294 e. The van der Waals surface area contributed by atoms with E-state index in [1.165, 1.54) is 34.6 Å². The highest BCUT2D eigenvalue weighted by atomic mass is 32.2. The van der Waals surface area contributed by atoms with E-state index in [2.05, 4.69) is 0 Å². The molecule has 1 heterocycles. The van der Waals surface area contributed by atoms with Crippen molar-refractivity contribution in [1.29, 1.82) is 0 Å². The molecule has 0 radical (unpaired) electrons. The Kier molecular flexibility index (Phi) is 6.91. The first-order valence-electron chi connectivity index (χ1n) is 11.8. The lowest BCUT2D eigenvalue weighted by atomic mass is 10.1. The first-order valence-corrected chi connectivity index (χ1v) is 13.3. The summed E-state index contributed by atoms with van der Waals surface area (Å²) < 4.78 is 29.3. The number of hydrogen-bond donors (Lipinski definition) is 0. The number of nitro groups is 1. The highest BCUT2D eigenvalue weighted by molar-refractivity contribution is 7.89. The second-order valence-corrected chi connectivity index (χ2v) is 10.8. The zero-order valence-corrected chi connectivity index (χ0v) is 20.7. The van der Waals surface area contributed by atoms with E-state index >= 15 is 0 Å². The summed E-state index contributed by atoms with van der Waals surface area (Å²) in [5.74, 6) is -0.245. The Labute approximate surface area is 205 Å². The number of allylic oxidation sites excluding steroid dienone is 2. The molecular formula is C26H29N3O5S. The van der Waals surface area contributed by atoms with Gasteiger partial charge in [0, 0.05) is 18.7 Å². The quantitative estimate of drug-likeness (QED) is 0.156. The largest absolute Gasteiger partial charge is 0.331 e. The highest BCUT2D eigenvalue weighted by Gasteiger charge is 2.44. The van der Waals surface area contributed by atoms with E-state index in [1.807, 2.05) is 30.5 Å². The fraction of sp³-hybridized carbons (Fsp3) is 0.346. The Balaban J connectivity index is 1.56. The third kappa shape index (κ3) is 4.78. The molecule has 1 aliphatic carbocycles. The van der Waals surface area contributed by atoms with Gasteiger partial charge in [-0.3, -0.25) is 14.9 Å². The van der Waals surface area contributed by atoms with E-state index in [0.29, 0.717) is 24.0 Å². The third-order valence-corrected chi connectivity index (χ3v) is 8.31. The van der Waals surface area contributed by atoms with Gasteiger partial charge in [0.05, 0.1) is 32.5 Å². The molecule has 0 aliphatic heterocycles. The van der Waals surface area contributed by atoms with Gasteiger partial charge in [-0.15, -0.1) is 0 Å². The van der Waals surface area contributed by atoms with Gasteiger partial charge in [-0.2, -0.15) is 4.31 Å². The van der Waals surface area contributed by atoms with Crippen LogP contribution in [0.5, 0.6) is 0 Å². The topological polar surface area (TPSA) is 103 Å². The number of rotatable bonds is 11. The van der Waals surface area contributed by atoms with E-state index in [0.717, 1.165) is 31.2 Å². The Hall–Kier alpha value is -3.30. The summed E-state index contributed by atoms with van der Waals surface area (Å²) >= 11 is 0. The number of nitrogens with zero attached hydrogens (tertiary/aromatic N) is 3. The Morgan fingerprint density at radius 1 is 1.09 bits per heavy atom. The molecule has 0 spiro atoms. The minimum Gasteiger partial charge on any atom is -0.331 e. The summed E-state index contributed by atoms with van der Waals surface area (Å²) in [4.78, 5) is 24.2. The molecule has 0 amide bonds. The van der Waals surface area contributed by atoms with Gasteiger partial charge in [-0.05, 0) is 68.2 Å². The number of carbonyl (C=O) groups is 1. The zero-order chi connectivity index (χ0) is 25.2. The Bertz CT molecular complexity index is 1380. The molecule has 35 heavy (non-hydrogen) atoms. The predicted molar refractivity (Wildman–Crippen MR) is 135 cm³/mol. The first kappa shape index (κ1) is 24.8. The lowest BCUT2D eigenvalue weighted by Gasteiger charge is -2.21. The van der Waals surface area contributed by atoms with Crippen LogP contribution in [0.1, 0.15) is 49.9 Å². The van der Waals surface area contributed by atoms with Gasteiger partial charge in [-0.1, -0.05) is 32.1 Å². The standard InChI is InChI=1S/C26H29N3O5S/c1-3-17-27(18-4-2)35(33,34)21-11-9-20(10-12-21)25(30)13-14-26(15-16-26)28-19-24(29(31)32)22-7-5-6-8-23(22)28/h5-14,19H,3-4,15-18H2,1-2H3/b14-13+. The van der Waals surface area contributed by atoms with Crippen LogP contribution < -0.4 is 0 Å². The molecule has 1 saturated carbocycles. The minimum atomic E-state index is -3.61. The summed E-state index contributed by atoms with van der Waals surface area (Å²) in [6, 6.07) is 13.2. The van der Waals surface area contributed by atoms with Gasteiger partial charge in [0.15, 0.2) is 5.78 Å². The molecular weight excluding hydrogens is 466 g/mol. The molecule has 184 valence electrons. The van der Waals surface area contributed by atoms with Crippen LogP contribution >= 0.6 is 0 Å². The number of benzene rings is 2. The molecule has 0 atom stereocenters. The number of sulfonamides is 1. The van der Waals surface area contributed by atoms with Crippen molar-refractivity contribution in [3.8, 4) is 0 Å². The highest BCUT2D eigenvalue weighted by Crippen LogP contribution is 2.48. The Morgan fingerprint density at radius 3 is 2.29 bits per heavy atom. The number of aromatic nitrogens is 1. The van der Waals surface area contributed by atoms with Crippen LogP contribution in [0, 0.1) is 10.1 Å². The van der Waals surface area contributed by atoms with Crippen molar-refractivity contribution in [2.24, 2.45) is 0 Å². The first-order chi connectivity index (χ1) is 16.7. The monoisotopic (exact) mass is 495 g/mol. The number of fused-ring (bicyclic) bond motifs is 1. The predicted octanol–water partition coefficient (Wildman–Crippen LogP) is 5.29. The molecule has 1 aromatic heterocycles. The summed E-state index contributed by atoms with van der Waals surface area (Å²) in [5.41, 5.74) is 0.709. The summed E-state index contributed by atoms with van der Waals surface area (Å²) in [5, 5.41) is 12.1. The summed E-state index contributed by atoms with van der Waals surface area (Å²) in [6.07, 6.45) is 7.83. The molecule has 4 rings (SSSR count). The number of hydrogen-bond acceptors (Lipinski definition) is 5. The van der Waals surface area contributed by atoms with Crippen LogP contribution in [0.3, 0.4) is 0 Å². The fourth-order valence-corrected chi connectivity index (χ4v) is 6.03. The van der Waals surface area contributed by atoms with Gasteiger partial charge in [0.2, 0.25) is 10.0 Å². The van der Waals surface area contributed by atoms with E-state index in [1.54, 1.807) is 24.4 Å². The number of carbonyl (C=O) groups excluding carboxylic acids is 1.